The summed E-state index contributed by atoms with van der Waals surface area (Å²) < 4.78 is 1.69. The van der Waals surface area contributed by atoms with E-state index in [-0.39, 0.29) is 5.69 Å². The van der Waals surface area contributed by atoms with Gasteiger partial charge in [0.15, 0.2) is 5.69 Å². The Morgan fingerprint density at radius 3 is 2.93 bits per heavy atom. The predicted octanol–water partition coefficient (Wildman–Crippen LogP) is 0.366. The first-order valence-electron chi connectivity index (χ1n) is 4.02. The van der Waals surface area contributed by atoms with Gasteiger partial charge < -0.3 is 10.3 Å². The Kier molecular flexibility index (Phi) is 1.98. The summed E-state index contributed by atoms with van der Waals surface area (Å²) >= 11 is 0. The summed E-state index contributed by atoms with van der Waals surface area (Å²) in [4.78, 5) is 18.8. The molecular weight excluding hydrogens is 180 g/mol. The van der Waals surface area contributed by atoms with Crippen LogP contribution in [0.5, 0.6) is 0 Å². The Morgan fingerprint density at radius 2 is 2.29 bits per heavy atom. The van der Waals surface area contributed by atoms with E-state index in [0.29, 0.717) is 5.69 Å². The molecule has 0 unspecified atom stereocenters. The molecule has 0 radical (unpaired) electrons. The highest BCUT2D eigenvalue weighted by molar-refractivity contribution is 5.94. The minimum Gasteiger partial charge on any atom is -0.364 e. The molecule has 0 aliphatic carbocycles. The minimum atomic E-state index is -0.547. The number of carbonyl (C=O) groups excluding carboxylic acids is 1. The number of nitrogens with zero attached hydrogens (tertiary/aromatic N) is 3. The molecule has 0 aromatic carbocycles. The van der Waals surface area contributed by atoms with Crippen LogP contribution in [0, 0.1) is 0 Å². The molecule has 0 atom stereocenters. The molecule has 0 saturated carbocycles. The molecule has 0 aliphatic heterocycles. The lowest BCUT2D eigenvalue weighted by atomic mass is 10.3. The Hall–Kier alpha value is -2.17. The van der Waals surface area contributed by atoms with Crippen molar-refractivity contribution in [1.29, 1.82) is 0 Å². The van der Waals surface area contributed by atoms with Crippen LogP contribution in [0.3, 0.4) is 0 Å². The first kappa shape index (κ1) is 8.43. The zero-order chi connectivity index (χ0) is 9.97. The van der Waals surface area contributed by atoms with Gasteiger partial charge in [-0.3, -0.25) is 4.79 Å². The fourth-order valence-electron chi connectivity index (χ4n) is 1.20. The second-order valence-corrected chi connectivity index (χ2v) is 2.71. The van der Waals surface area contributed by atoms with Crippen molar-refractivity contribution in [2.45, 2.75) is 0 Å². The molecule has 14 heavy (non-hydrogen) atoms. The van der Waals surface area contributed by atoms with Crippen LogP contribution in [-0.2, 0) is 0 Å². The molecule has 2 N–H and O–H groups in total. The maximum atomic E-state index is 11.0. The van der Waals surface area contributed by atoms with Crippen LogP contribution in [-0.4, -0.2) is 20.4 Å². The number of amides is 1. The number of imidazole rings is 1. The number of aromatic nitrogens is 3. The van der Waals surface area contributed by atoms with Gasteiger partial charge >= 0.3 is 0 Å². The van der Waals surface area contributed by atoms with Gasteiger partial charge in [-0.15, -0.1) is 0 Å². The average Bonchev–Trinajstić information content (AvgIpc) is 2.70. The number of nitrogens with two attached hydrogens (primary N) is 1. The number of pyridine rings is 1. The molecule has 5 nitrogen and oxygen atoms in total. The van der Waals surface area contributed by atoms with Gasteiger partial charge in [0.25, 0.3) is 5.91 Å². The van der Waals surface area contributed by atoms with Crippen LogP contribution in [0.15, 0.2) is 37.1 Å². The molecule has 70 valence electrons. The maximum absolute atomic E-state index is 11.0. The van der Waals surface area contributed by atoms with Crippen molar-refractivity contribution in [3.63, 3.8) is 0 Å². The second-order valence-electron chi connectivity index (χ2n) is 2.71. The fraction of sp³-hybridized carbons (Fsp3) is 0. The summed E-state index contributed by atoms with van der Waals surface area (Å²) in [6.07, 6.45) is 6.46. The van der Waals surface area contributed by atoms with Crippen LogP contribution in [0.4, 0.5) is 0 Å². The first-order chi connectivity index (χ1) is 6.79. The third-order valence-corrected chi connectivity index (χ3v) is 1.80. The Bertz CT molecular complexity index is 450. The van der Waals surface area contributed by atoms with Crippen LogP contribution in [0.1, 0.15) is 10.5 Å². The molecule has 5 heteroatoms. The largest absolute Gasteiger partial charge is 0.364 e. The number of rotatable bonds is 2. The van der Waals surface area contributed by atoms with Gasteiger partial charge in [-0.25, -0.2) is 9.97 Å². The maximum Gasteiger partial charge on any atom is 0.269 e. The van der Waals surface area contributed by atoms with Crippen LogP contribution >= 0.6 is 0 Å². The van der Waals surface area contributed by atoms with Gasteiger partial charge in [0.05, 0.1) is 12.0 Å². The Balaban J connectivity index is 2.58. The van der Waals surface area contributed by atoms with Gasteiger partial charge in [-0.05, 0) is 12.1 Å². The van der Waals surface area contributed by atoms with Crippen molar-refractivity contribution in [2.75, 3.05) is 0 Å². The zero-order valence-electron chi connectivity index (χ0n) is 7.29. The molecule has 0 spiro atoms. The predicted molar refractivity (Wildman–Crippen MR) is 49.9 cm³/mol. The third-order valence-electron chi connectivity index (χ3n) is 1.80. The zero-order valence-corrected chi connectivity index (χ0v) is 7.29. The van der Waals surface area contributed by atoms with E-state index >= 15 is 0 Å². The lowest BCUT2D eigenvalue weighted by Crippen LogP contribution is -2.16. The molecule has 2 rings (SSSR count). The van der Waals surface area contributed by atoms with Gasteiger partial charge in [0, 0.05) is 18.6 Å². The van der Waals surface area contributed by atoms with Gasteiger partial charge in [-0.1, -0.05) is 0 Å². The van der Waals surface area contributed by atoms with Gasteiger partial charge in [0.2, 0.25) is 0 Å². The molecule has 2 heterocycles. The number of hydrogen-bond donors (Lipinski definition) is 1. The third kappa shape index (κ3) is 1.35. The van der Waals surface area contributed by atoms with Crippen molar-refractivity contribution in [3.8, 4) is 5.69 Å². The first-order valence-corrected chi connectivity index (χ1v) is 4.02. The van der Waals surface area contributed by atoms with Gasteiger partial charge in [0.1, 0.15) is 0 Å². The highest BCUT2D eigenvalue weighted by Crippen LogP contribution is 2.10. The number of carbonyl (C=O) groups is 1. The molecule has 2 aromatic heterocycles. The van der Waals surface area contributed by atoms with E-state index in [2.05, 4.69) is 9.97 Å². The Morgan fingerprint density at radius 1 is 1.43 bits per heavy atom. The number of primary amides is 1. The average molecular weight is 188 g/mol. The summed E-state index contributed by atoms with van der Waals surface area (Å²) in [5, 5.41) is 0. The van der Waals surface area contributed by atoms with E-state index in [4.69, 9.17) is 5.73 Å². The molecule has 0 saturated heterocycles. The van der Waals surface area contributed by atoms with Crippen LogP contribution in [0.2, 0.25) is 0 Å². The fourth-order valence-corrected chi connectivity index (χ4v) is 1.20. The summed E-state index contributed by atoms with van der Waals surface area (Å²) in [7, 11) is 0. The van der Waals surface area contributed by atoms with Crippen molar-refractivity contribution in [3.05, 3.63) is 42.7 Å². The quantitative estimate of drug-likeness (QED) is 0.739. The van der Waals surface area contributed by atoms with E-state index in [1.54, 1.807) is 35.4 Å². The van der Waals surface area contributed by atoms with E-state index in [1.807, 2.05) is 0 Å². The van der Waals surface area contributed by atoms with Crippen molar-refractivity contribution in [1.82, 2.24) is 14.5 Å². The highest BCUT2D eigenvalue weighted by atomic mass is 16.1. The van der Waals surface area contributed by atoms with E-state index in [0.717, 1.165) is 0 Å². The SMILES string of the molecule is NC(=O)c1ncccc1-n1ccnc1. The summed E-state index contributed by atoms with van der Waals surface area (Å²) in [5.41, 5.74) is 6.06. The van der Waals surface area contributed by atoms with Crippen molar-refractivity contribution in [2.24, 2.45) is 5.73 Å². The molecule has 2 aromatic rings. The summed E-state index contributed by atoms with van der Waals surface area (Å²) in [6.45, 7) is 0. The van der Waals surface area contributed by atoms with Crippen molar-refractivity contribution < 1.29 is 4.79 Å². The molecule has 0 aliphatic rings. The van der Waals surface area contributed by atoms with Crippen LogP contribution < -0.4 is 5.73 Å². The van der Waals surface area contributed by atoms with E-state index in [9.17, 15) is 4.79 Å². The normalized spacial score (nSPS) is 10.0. The Labute approximate surface area is 80.2 Å². The standard InChI is InChI=1S/C9H8N4O/c10-9(14)8-7(2-1-3-12-8)13-5-4-11-6-13/h1-6H,(H2,10,14). The molecule has 0 fully saturated rings. The molecule has 0 bridgehead atoms. The van der Waals surface area contributed by atoms with E-state index in [1.165, 1.54) is 6.20 Å². The monoisotopic (exact) mass is 188 g/mol. The highest BCUT2D eigenvalue weighted by Gasteiger charge is 2.09. The van der Waals surface area contributed by atoms with Crippen molar-refractivity contribution >= 4 is 5.91 Å². The summed E-state index contributed by atoms with van der Waals surface area (Å²) in [5.74, 6) is -0.547. The van der Waals surface area contributed by atoms with E-state index < -0.39 is 5.91 Å². The summed E-state index contributed by atoms with van der Waals surface area (Å²) in [6, 6.07) is 3.50. The molecule has 1 amide bonds. The topological polar surface area (TPSA) is 73.8 Å². The lowest BCUT2D eigenvalue weighted by molar-refractivity contribution is 0.0995. The molecular formula is C9H8N4O. The second kappa shape index (κ2) is 3.29. The smallest absolute Gasteiger partial charge is 0.269 e. The lowest BCUT2D eigenvalue weighted by Gasteiger charge is -2.04. The van der Waals surface area contributed by atoms with Gasteiger partial charge in [-0.2, -0.15) is 0 Å². The number of hydrogen-bond acceptors (Lipinski definition) is 3. The van der Waals surface area contributed by atoms with Crippen LogP contribution in [0.25, 0.3) is 5.69 Å². The minimum absolute atomic E-state index is 0.241.